The van der Waals surface area contributed by atoms with Gasteiger partial charge in [0, 0.05) is 17.8 Å². The van der Waals surface area contributed by atoms with Crippen LogP contribution >= 0.6 is 0 Å². The van der Waals surface area contributed by atoms with Crippen LogP contribution in [0.2, 0.25) is 0 Å². The van der Waals surface area contributed by atoms with E-state index in [0.29, 0.717) is 11.7 Å². The second-order valence-corrected chi connectivity index (χ2v) is 2.93. The fourth-order valence-corrected chi connectivity index (χ4v) is 1.19. The van der Waals surface area contributed by atoms with Crippen LogP contribution in [-0.4, -0.2) is 17.1 Å². The van der Waals surface area contributed by atoms with E-state index in [4.69, 9.17) is 4.74 Å². The average Bonchev–Trinajstić information content (AvgIpc) is 2.30. The summed E-state index contributed by atoms with van der Waals surface area (Å²) in [5, 5.41) is 0. The van der Waals surface area contributed by atoms with Crippen LogP contribution in [0.5, 0.6) is 5.88 Å². The van der Waals surface area contributed by atoms with Gasteiger partial charge >= 0.3 is 0 Å². The van der Waals surface area contributed by atoms with Gasteiger partial charge < -0.3 is 4.74 Å². The molecule has 0 bridgehead atoms. The zero-order valence-corrected chi connectivity index (χ0v) is 8.14. The molecular weight excluding hydrogens is 195 g/mol. The fraction of sp³-hybridized carbons (Fsp3) is 0.0909. The molecule has 0 saturated carbocycles. The molecule has 0 amide bonds. The fourth-order valence-electron chi connectivity index (χ4n) is 1.19. The van der Waals surface area contributed by atoms with Crippen LogP contribution < -0.4 is 4.74 Å². The molecule has 2 aromatic rings. The Morgan fingerprint density at radius 2 is 1.87 bits per heavy atom. The van der Waals surface area contributed by atoms with Crippen molar-refractivity contribution in [3.8, 4) is 17.3 Å². The Bertz CT molecular complexity index is 456. The molecule has 0 radical (unpaired) electrons. The lowest BCUT2D eigenvalue weighted by Crippen LogP contribution is -1.92. The third-order valence-electron chi connectivity index (χ3n) is 1.94. The van der Waals surface area contributed by atoms with E-state index in [2.05, 4.69) is 9.97 Å². The van der Waals surface area contributed by atoms with Crippen molar-refractivity contribution in [2.45, 2.75) is 0 Å². The van der Waals surface area contributed by atoms with Crippen molar-refractivity contribution in [3.63, 3.8) is 0 Å². The minimum absolute atomic E-state index is 0.276. The highest BCUT2D eigenvalue weighted by Gasteiger charge is 2.02. The molecule has 3 nitrogen and oxygen atoms in total. The van der Waals surface area contributed by atoms with Crippen LogP contribution in [-0.2, 0) is 0 Å². The van der Waals surface area contributed by atoms with E-state index in [0.717, 1.165) is 5.56 Å². The predicted octanol–water partition coefficient (Wildman–Crippen LogP) is 2.29. The highest BCUT2D eigenvalue weighted by atomic mass is 19.1. The van der Waals surface area contributed by atoms with Crippen LogP contribution in [0.1, 0.15) is 0 Å². The maximum Gasteiger partial charge on any atom is 0.216 e. The first-order chi connectivity index (χ1) is 7.29. The van der Waals surface area contributed by atoms with Crippen molar-refractivity contribution in [3.05, 3.63) is 42.3 Å². The first-order valence-electron chi connectivity index (χ1n) is 4.42. The Morgan fingerprint density at radius 3 is 2.53 bits per heavy atom. The van der Waals surface area contributed by atoms with E-state index in [1.165, 1.54) is 19.2 Å². The molecule has 1 aromatic heterocycles. The number of halogens is 1. The minimum atomic E-state index is -0.276. The maximum absolute atomic E-state index is 12.7. The molecule has 0 spiro atoms. The number of benzene rings is 1. The monoisotopic (exact) mass is 204 g/mol. The number of ether oxygens (including phenoxy) is 1. The zero-order chi connectivity index (χ0) is 10.7. The first-order valence-corrected chi connectivity index (χ1v) is 4.42. The number of methoxy groups -OCH3 is 1. The topological polar surface area (TPSA) is 35.0 Å². The third-order valence-corrected chi connectivity index (χ3v) is 1.94. The second kappa shape index (κ2) is 4.04. The van der Waals surface area contributed by atoms with Gasteiger partial charge in [-0.25, -0.2) is 9.37 Å². The van der Waals surface area contributed by atoms with Crippen LogP contribution in [0.15, 0.2) is 36.5 Å². The number of nitrogens with zero attached hydrogens (tertiary/aromatic N) is 2. The SMILES string of the molecule is COc1ccnc(-c2ccc(F)cc2)n1. The van der Waals surface area contributed by atoms with Crippen molar-refractivity contribution in [1.29, 1.82) is 0 Å². The molecular formula is C11H9FN2O. The summed E-state index contributed by atoms with van der Waals surface area (Å²) in [6, 6.07) is 7.66. The molecule has 0 saturated heterocycles. The Balaban J connectivity index is 2.40. The van der Waals surface area contributed by atoms with Gasteiger partial charge in [-0.1, -0.05) is 0 Å². The van der Waals surface area contributed by atoms with E-state index in [-0.39, 0.29) is 5.82 Å². The summed E-state index contributed by atoms with van der Waals surface area (Å²) in [6.07, 6.45) is 1.60. The smallest absolute Gasteiger partial charge is 0.216 e. The Labute approximate surface area is 86.6 Å². The Kier molecular flexibility index (Phi) is 2.58. The van der Waals surface area contributed by atoms with Gasteiger partial charge in [0.1, 0.15) is 5.82 Å². The number of hydrogen-bond donors (Lipinski definition) is 0. The van der Waals surface area contributed by atoms with Crippen molar-refractivity contribution in [1.82, 2.24) is 9.97 Å². The van der Waals surface area contributed by atoms with Gasteiger partial charge in [-0.15, -0.1) is 0 Å². The molecule has 2 rings (SSSR count). The Hall–Kier alpha value is -1.97. The normalized spacial score (nSPS) is 10.0. The average molecular weight is 204 g/mol. The lowest BCUT2D eigenvalue weighted by Gasteiger charge is -2.02. The molecule has 0 N–H and O–H groups in total. The summed E-state index contributed by atoms with van der Waals surface area (Å²) >= 11 is 0. The van der Waals surface area contributed by atoms with Crippen molar-refractivity contribution < 1.29 is 9.13 Å². The molecule has 1 aromatic carbocycles. The highest BCUT2D eigenvalue weighted by Crippen LogP contribution is 2.17. The van der Waals surface area contributed by atoms with Crippen LogP contribution in [0.3, 0.4) is 0 Å². The van der Waals surface area contributed by atoms with Crippen molar-refractivity contribution in [2.75, 3.05) is 7.11 Å². The molecule has 76 valence electrons. The standard InChI is InChI=1S/C11H9FN2O/c1-15-10-6-7-13-11(14-10)8-2-4-9(12)5-3-8/h2-7H,1H3. The maximum atomic E-state index is 12.7. The van der Waals surface area contributed by atoms with E-state index in [9.17, 15) is 4.39 Å². The van der Waals surface area contributed by atoms with Gasteiger partial charge in [0.05, 0.1) is 7.11 Å². The largest absolute Gasteiger partial charge is 0.481 e. The van der Waals surface area contributed by atoms with Gasteiger partial charge in [0.2, 0.25) is 5.88 Å². The van der Waals surface area contributed by atoms with Crippen LogP contribution in [0, 0.1) is 5.82 Å². The molecule has 0 atom stereocenters. The van der Waals surface area contributed by atoms with E-state index in [1.54, 1.807) is 24.4 Å². The number of rotatable bonds is 2. The predicted molar refractivity (Wildman–Crippen MR) is 54.0 cm³/mol. The van der Waals surface area contributed by atoms with Crippen LogP contribution in [0.25, 0.3) is 11.4 Å². The molecule has 15 heavy (non-hydrogen) atoms. The number of aromatic nitrogens is 2. The second-order valence-electron chi connectivity index (χ2n) is 2.93. The summed E-state index contributed by atoms with van der Waals surface area (Å²) in [5.41, 5.74) is 0.760. The molecule has 0 aliphatic rings. The molecule has 1 heterocycles. The summed E-state index contributed by atoms with van der Waals surface area (Å²) in [7, 11) is 1.54. The third kappa shape index (κ3) is 2.10. The van der Waals surface area contributed by atoms with E-state index in [1.807, 2.05) is 0 Å². The molecule has 0 aliphatic carbocycles. The summed E-state index contributed by atoms with van der Waals surface area (Å²) in [6.45, 7) is 0. The summed E-state index contributed by atoms with van der Waals surface area (Å²) < 4.78 is 17.7. The van der Waals surface area contributed by atoms with Gasteiger partial charge in [0.25, 0.3) is 0 Å². The van der Waals surface area contributed by atoms with Crippen LogP contribution in [0.4, 0.5) is 4.39 Å². The summed E-state index contributed by atoms with van der Waals surface area (Å²) in [5.74, 6) is 0.736. The molecule has 0 aliphatic heterocycles. The zero-order valence-electron chi connectivity index (χ0n) is 8.14. The van der Waals surface area contributed by atoms with Crippen molar-refractivity contribution >= 4 is 0 Å². The van der Waals surface area contributed by atoms with E-state index < -0.39 is 0 Å². The minimum Gasteiger partial charge on any atom is -0.481 e. The Morgan fingerprint density at radius 1 is 1.13 bits per heavy atom. The van der Waals surface area contributed by atoms with Crippen molar-refractivity contribution in [2.24, 2.45) is 0 Å². The first kappa shape index (κ1) is 9.58. The number of hydrogen-bond acceptors (Lipinski definition) is 3. The molecule has 4 heteroatoms. The lowest BCUT2D eigenvalue weighted by atomic mass is 10.2. The van der Waals surface area contributed by atoms with E-state index >= 15 is 0 Å². The quantitative estimate of drug-likeness (QED) is 0.752. The van der Waals surface area contributed by atoms with Gasteiger partial charge in [-0.2, -0.15) is 4.98 Å². The molecule has 0 unspecified atom stereocenters. The lowest BCUT2D eigenvalue weighted by molar-refractivity contribution is 0.397. The van der Waals surface area contributed by atoms with Gasteiger partial charge in [-0.05, 0) is 24.3 Å². The highest BCUT2D eigenvalue weighted by molar-refractivity contribution is 5.54. The van der Waals surface area contributed by atoms with Gasteiger partial charge in [-0.3, -0.25) is 0 Å². The van der Waals surface area contributed by atoms with Gasteiger partial charge in [0.15, 0.2) is 5.82 Å². The summed E-state index contributed by atoms with van der Waals surface area (Å²) in [4.78, 5) is 8.21. The molecule has 0 fully saturated rings.